The zero-order chi connectivity index (χ0) is 12.8. The van der Waals surface area contributed by atoms with Gasteiger partial charge >= 0.3 is 5.97 Å². The minimum absolute atomic E-state index is 0.125. The first-order valence-corrected chi connectivity index (χ1v) is 5.50. The predicted molar refractivity (Wildman–Crippen MR) is 62.7 cm³/mol. The van der Waals surface area contributed by atoms with Crippen LogP contribution in [0, 0.1) is 22.7 Å². The molecule has 4 heteroatoms. The molecule has 0 spiro atoms. The molecule has 0 aliphatic carbocycles. The topological polar surface area (TPSA) is 53.3 Å². The van der Waals surface area contributed by atoms with E-state index in [1.807, 2.05) is 27.8 Å². The summed E-state index contributed by atoms with van der Waals surface area (Å²) in [5, 5.41) is 8.87. The van der Waals surface area contributed by atoms with Gasteiger partial charge < -0.3 is 9.64 Å². The van der Waals surface area contributed by atoms with E-state index in [9.17, 15) is 4.79 Å². The van der Waals surface area contributed by atoms with Crippen molar-refractivity contribution in [2.24, 2.45) is 11.3 Å². The molecule has 0 saturated carbocycles. The maximum atomic E-state index is 11.2. The molecule has 0 aromatic rings. The third-order valence-electron chi connectivity index (χ3n) is 2.61. The Balaban J connectivity index is 3.97. The quantitative estimate of drug-likeness (QED) is 0.646. The number of carbonyl (C=O) groups is 1. The van der Waals surface area contributed by atoms with E-state index >= 15 is 0 Å². The zero-order valence-electron chi connectivity index (χ0n) is 10.9. The third kappa shape index (κ3) is 5.72. The minimum atomic E-state index is -0.303. The van der Waals surface area contributed by atoms with E-state index in [1.54, 1.807) is 0 Å². The monoisotopic (exact) mass is 226 g/mol. The standard InChI is InChI=1S/C12H22N2O2/c1-10(11(15)16-5)8-14(4)7-6-12(2,3)9-13/h10H,6-8H2,1-5H3. The second-order valence-electron chi connectivity index (χ2n) is 4.93. The molecule has 0 aliphatic heterocycles. The van der Waals surface area contributed by atoms with Crippen molar-refractivity contribution in [1.29, 1.82) is 5.26 Å². The normalized spacial score (nSPS) is 13.3. The van der Waals surface area contributed by atoms with E-state index in [0.29, 0.717) is 6.54 Å². The van der Waals surface area contributed by atoms with E-state index < -0.39 is 0 Å². The van der Waals surface area contributed by atoms with Crippen molar-refractivity contribution in [3.05, 3.63) is 0 Å². The summed E-state index contributed by atoms with van der Waals surface area (Å²) in [7, 11) is 3.35. The van der Waals surface area contributed by atoms with Gasteiger partial charge in [0, 0.05) is 6.54 Å². The Hall–Kier alpha value is -1.08. The van der Waals surface area contributed by atoms with Crippen molar-refractivity contribution < 1.29 is 9.53 Å². The highest BCUT2D eigenvalue weighted by Crippen LogP contribution is 2.18. The van der Waals surface area contributed by atoms with Crippen LogP contribution in [-0.4, -0.2) is 38.1 Å². The van der Waals surface area contributed by atoms with Gasteiger partial charge in [0.2, 0.25) is 0 Å². The van der Waals surface area contributed by atoms with Crippen LogP contribution in [0.5, 0.6) is 0 Å². The van der Waals surface area contributed by atoms with Gasteiger partial charge in [0.25, 0.3) is 0 Å². The summed E-state index contributed by atoms with van der Waals surface area (Å²) in [6, 6.07) is 2.27. The minimum Gasteiger partial charge on any atom is -0.469 e. The Morgan fingerprint density at radius 2 is 2.12 bits per heavy atom. The van der Waals surface area contributed by atoms with Crippen molar-refractivity contribution in [3.8, 4) is 6.07 Å². The molecule has 16 heavy (non-hydrogen) atoms. The number of rotatable bonds is 6. The summed E-state index contributed by atoms with van der Waals surface area (Å²) in [6.45, 7) is 7.16. The molecule has 0 rings (SSSR count). The van der Waals surface area contributed by atoms with Crippen LogP contribution in [-0.2, 0) is 9.53 Å². The molecule has 0 radical (unpaired) electrons. The van der Waals surface area contributed by atoms with Crippen LogP contribution in [0.25, 0.3) is 0 Å². The van der Waals surface area contributed by atoms with Crippen molar-refractivity contribution in [3.63, 3.8) is 0 Å². The number of hydrogen-bond acceptors (Lipinski definition) is 4. The summed E-state index contributed by atoms with van der Waals surface area (Å²) in [5.74, 6) is -0.313. The number of ether oxygens (including phenoxy) is 1. The maximum Gasteiger partial charge on any atom is 0.309 e. The Labute approximate surface area is 98.2 Å². The molecule has 0 amide bonds. The average Bonchev–Trinajstić information content (AvgIpc) is 2.25. The second-order valence-corrected chi connectivity index (χ2v) is 4.93. The molecule has 0 bridgehead atoms. The molecule has 1 atom stereocenters. The van der Waals surface area contributed by atoms with Gasteiger partial charge in [-0.1, -0.05) is 6.92 Å². The summed E-state index contributed by atoms with van der Waals surface area (Å²) in [4.78, 5) is 13.3. The lowest BCUT2D eigenvalue weighted by atomic mass is 9.91. The highest BCUT2D eigenvalue weighted by Gasteiger charge is 2.19. The number of methoxy groups -OCH3 is 1. The highest BCUT2D eigenvalue weighted by molar-refractivity contribution is 5.71. The molecule has 0 fully saturated rings. The first-order chi connectivity index (χ1) is 7.32. The van der Waals surface area contributed by atoms with Crippen LogP contribution in [0.3, 0.4) is 0 Å². The molecular formula is C12H22N2O2. The van der Waals surface area contributed by atoms with Gasteiger partial charge in [-0.15, -0.1) is 0 Å². The number of nitrogens with zero attached hydrogens (tertiary/aromatic N) is 2. The summed E-state index contributed by atoms with van der Waals surface area (Å²) >= 11 is 0. The number of carbonyl (C=O) groups excluding carboxylic acids is 1. The molecule has 0 N–H and O–H groups in total. The first kappa shape index (κ1) is 14.9. The SMILES string of the molecule is COC(=O)C(C)CN(C)CCC(C)(C)C#N. The Morgan fingerprint density at radius 3 is 2.56 bits per heavy atom. The van der Waals surface area contributed by atoms with Crippen LogP contribution in [0.1, 0.15) is 27.2 Å². The van der Waals surface area contributed by atoms with E-state index in [-0.39, 0.29) is 17.3 Å². The van der Waals surface area contributed by atoms with Crippen molar-refractivity contribution in [2.45, 2.75) is 27.2 Å². The Kier molecular flexibility index (Phi) is 6.05. The molecule has 0 heterocycles. The molecular weight excluding hydrogens is 204 g/mol. The number of esters is 1. The lowest BCUT2D eigenvalue weighted by Crippen LogP contribution is -2.31. The van der Waals surface area contributed by atoms with E-state index in [1.165, 1.54) is 7.11 Å². The van der Waals surface area contributed by atoms with Gasteiger partial charge in [-0.25, -0.2) is 0 Å². The smallest absolute Gasteiger partial charge is 0.309 e. The number of nitriles is 1. The fraction of sp³-hybridized carbons (Fsp3) is 0.833. The summed E-state index contributed by atoms with van der Waals surface area (Å²) < 4.78 is 4.66. The summed E-state index contributed by atoms with van der Waals surface area (Å²) in [5.41, 5.74) is -0.303. The Bertz CT molecular complexity index is 269. The van der Waals surface area contributed by atoms with Gasteiger partial charge in [0.15, 0.2) is 0 Å². The van der Waals surface area contributed by atoms with Gasteiger partial charge in [-0.3, -0.25) is 4.79 Å². The molecule has 92 valence electrons. The van der Waals surface area contributed by atoms with Crippen LogP contribution in [0.2, 0.25) is 0 Å². The van der Waals surface area contributed by atoms with Gasteiger partial charge in [0.1, 0.15) is 0 Å². The van der Waals surface area contributed by atoms with Crippen molar-refractivity contribution in [2.75, 3.05) is 27.2 Å². The largest absolute Gasteiger partial charge is 0.469 e. The Morgan fingerprint density at radius 1 is 1.56 bits per heavy atom. The fourth-order valence-electron chi connectivity index (χ4n) is 1.36. The van der Waals surface area contributed by atoms with Crippen LogP contribution in [0.4, 0.5) is 0 Å². The fourth-order valence-corrected chi connectivity index (χ4v) is 1.36. The molecule has 4 nitrogen and oxygen atoms in total. The summed E-state index contributed by atoms with van der Waals surface area (Å²) in [6.07, 6.45) is 0.799. The predicted octanol–water partition coefficient (Wildman–Crippen LogP) is 1.67. The first-order valence-electron chi connectivity index (χ1n) is 5.50. The molecule has 1 unspecified atom stereocenters. The van der Waals surface area contributed by atoms with E-state index in [2.05, 4.69) is 15.7 Å². The number of hydrogen-bond donors (Lipinski definition) is 0. The maximum absolute atomic E-state index is 11.2. The van der Waals surface area contributed by atoms with Gasteiger partial charge in [0.05, 0.1) is 24.5 Å². The molecule has 0 aromatic heterocycles. The van der Waals surface area contributed by atoms with E-state index in [4.69, 9.17) is 5.26 Å². The molecule has 0 aliphatic rings. The zero-order valence-corrected chi connectivity index (χ0v) is 10.9. The van der Waals surface area contributed by atoms with Crippen LogP contribution < -0.4 is 0 Å². The lowest BCUT2D eigenvalue weighted by Gasteiger charge is -2.23. The van der Waals surface area contributed by atoms with Crippen molar-refractivity contribution >= 4 is 5.97 Å². The average molecular weight is 226 g/mol. The lowest BCUT2D eigenvalue weighted by molar-refractivity contribution is -0.145. The van der Waals surface area contributed by atoms with Crippen molar-refractivity contribution in [1.82, 2.24) is 4.90 Å². The van der Waals surface area contributed by atoms with E-state index in [0.717, 1.165) is 13.0 Å². The molecule has 0 saturated heterocycles. The van der Waals surface area contributed by atoms with Crippen LogP contribution >= 0.6 is 0 Å². The molecule has 0 aromatic carbocycles. The van der Waals surface area contributed by atoms with Crippen LogP contribution in [0.15, 0.2) is 0 Å². The van der Waals surface area contributed by atoms with Gasteiger partial charge in [-0.05, 0) is 33.9 Å². The highest BCUT2D eigenvalue weighted by atomic mass is 16.5. The third-order valence-corrected chi connectivity index (χ3v) is 2.61. The van der Waals surface area contributed by atoms with Gasteiger partial charge in [-0.2, -0.15) is 5.26 Å². The second kappa shape index (κ2) is 6.49.